The smallest absolute Gasteiger partial charge is 0.181 e. The predicted molar refractivity (Wildman–Crippen MR) is 116 cm³/mol. The minimum Gasteiger partial charge on any atom is -0.323 e. The van der Waals surface area contributed by atoms with Gasteiger partial charge in [-0.3, -0.25) is 5.10 Å². The van der Waals surface area contributed by atoms with Crippen LogP contribution >= 0.6 is 24.2 Å². The highest BCUT2D eigenvalue weighted by molar-refractivity contribution is 7.80. The highest BCUT2D eigenvalue weighted by atomic mass is 35.5. The Hall–Kier alpha value is -2.77. The van der Waals surface area contributed by atoms with Crippen molar-refractivity contribution in [2.45, 2.75) is 6.42 Å². The quantitative estimate of drug-likeness (QED) is 0.431. The summed E-state index contributed by atoms with van der Waals surface area (Å²) < 4.78 is 1.74. The average molecular weight is 411 g/mol. The molecule has 2 aromatic heterocycles. The number of H-pyrrole nitrogens is 1. The molecule has 0 aliphatic heterocycles. The maximum atomic E-state index is 6.06. The first kappa shape index (κ1) is 18.6. The molecule has 2 heterocycles. The third-order valence-electron chi connectivity index (χ3n) is 4.37. The lowest BCUT2D eigenvalue weighted by molar-refractivity contribution is 0.845. The van der Waals surface area contributed by atoms with Gasteiger partial charge < -0.3 is 4.90 Å². The highest BCUT2D eigenvalue weighted by Gasteiger charge is 2.23. The van der Waals surface area contributed by atoms with E-state index in [1.807, 2.05) is 42.5 Å². The largest absolute Gasteiger partial charge is 0.323 e. The predicted octanol–water partition coefficient (Wildman–Crippen LogP) is 4.77. The molecule has 1 N–H and O–H groups in total. The van der Waals surface area contributed by atoms with Crippen LogP contribution in [0.5, 0.6) is 0 Å². The van der Waals surface area contributed by atoms with Crippen LogP contribution in [0.1, 0.15) is 6.42 Å². The molecule has 0 amide bonds. The number of aromatic amines is 1. The summed E-state index contributed by atoms with van der Waals surface area (Å²) >= 11 is 10.4. The number of nitrogens with one attached hydrogen (secondary N) is 1. The van der Waals surface area contributed by atoms with Crippen LogP contribution in [-0.4, -0.2) is 37.3 Å². The molecule has 0 aliphatic carbocycles. The Morgan fingerprint density at radius 3 is 2.54 bits per heavy atom. The molecule has 142 valence electrons. The summed E-state index contributed by atoms with van der Waals surface area (Å²) in [6, 6.07) is 17.8. The number of thiol groups is 1. The second kappa shape index (κ2) is 8.50. The van der Waals surface area contributed by atoms with Gasteiger partial charge in [0.15, 0.2) is 5.82 Å². The number of nitrogens with zero attached hydrogens (tertiary/aromatic N) is 5. The fourth-order valence-electron chi connectivity index (χ4n) is 3.07. The minimum absolute atomic E-state index is 0.686. The molecule has 6 nitrogen and oxygen atoms in total. The van der Waals surface area contributed by atoms with Gasteiger partial charge in [0.05, 0.1) is 5.69 Å². The zero-order chi connectivity index (χ0) is 19.3. The van der Waals surface area contributed by atoms with E-state index < -0.39 is 0 Å². The molecule has 0 saturated carbocycles. The molecule has 0 unspecified atom stereocenters. The van der Waals surface area contributed by atoms with Gasteiger partial charge in [-0.15, -0.1) is 0 Å². The van der Waals surface area contributed by atoms with Gasteiger partial charge in [-0.25, -0.2) is 9.67 Å². The molecule has 0 saturated heterocycles. The van der Waals surface area contributed by atoms with Crippen LogP contribution in [0.4, 0.5) is 11.5 Å². The lowest BCUT2D eigenvalue weighted by Crippen LogP contribution is -2.21. The van der Waals surface area contributed by atoms with Gasteiger partial charge in [-0.2, -0.15) is 22.8 Å². The maximum Gasteiger partial charge on any atom is 0.181 e. The van der Waals surface area contributed by atoms with Crippen LogP contribution in [0.3, 0.4) is 0 Å². The van der Waals surface area contributed by atoms with Gasteiger partial charge in [0, 0.05) is 22.8 Å². The van der Waals surface area contributed by atoms with Crippen LogP contribution in [0, 0.1) is 0 Å². The average Bonchev–Trinajstić information content (AvgIpc) is 3.39. The molecule has 0 atom stereocenters. The van der Waals surface area contributed by atoms with Crippen molar-refractivity contribution >= 4 is 35.7 Å². The Bertz CT molecular complexity index is 1010. The first-order valence-electron chi connectivity index (χ1n) is 8.90. The van der Waals surface area contributed by atoms with Crippen molar-refractivity contribution in [1.82, 2.24) is 25.0 Å². The van der Waals surface area contributed by atoms with Crippen molar-refractivity contribution in [2.75, 3.05) is 17.2 Å². The van der Waals surface area contributed by atoms with Crippen molar-refractivity contribution in [3.8, 4) is 16.9 Å². The summed E-state index contributed by atoms with van der Waals surface area (Å²) in [5, 5.41) is 12.9. The Morgan fingerprint density at radius 2 is 1.86 bits per heavy atom. The van der Waals surface area contributed by atoms with Gasteiger partial charge in [-0.05, 0) is 36.4 Å². The number of para-hydroxylation sites is 1. The summed E-state index contributed by atoms with van der Waals surface area (Å²) in [5.74, 6) is 1.57. The van der Waals surface area contributed by atoms with E-state index in [4.69, 9.17) is 11.6 Å². The number of anilines is 2. The summed E-state index contributed by atoms with van der Waals surface area (Å²) in [6.07, 6.45) is 4.11. The topological polar surface area (TPSA) is 62.6 Å². The van der Waals surface area contributed by atoms with E-state index in [-0.39, 0.29) is 0 Å². The number of hydrogen-bond donors (Lipinski definition) is 2. The molecule has 4 rings (SSSR count). The van der Waals surface area contributed by atoms with Crippen molar-refractivity contribution in [3.63, 3.8) is 0 Å². The van der Waals surface area contributed by atoms with Crippen molar-refractivity contribution in [3.05, 3.63) is 72.3 Å². The number of aromatic nitrogens is 5. The zero-order valence-electron chi connectivity index (χ0n) is 15.0. The molecule has 0 bridgehead atoms. The Labute approximate surface area is 173 Å². The minimum atomic E-state index is 0.686. The van der Waals surface area contributed by atoms with Crippen molar-refractivity contribution in [2.24, 2.45) is 0 Å². The Kier molecular flexibility index (Phi) is 5.64. The van der Waals surface area contributed by atoms with Gasteiger partial charge in [0.2, 0.25) is 0 Å². The van der Waals surface area contributed by atoms with Gasteiger partial charge >= 0.3 is 0 Å². The summed E-state index contributed by atoms with van der Waals surface area (Å²) in [4.78, 5) is 6.29. The monoisotopic (exact) mass is 410 g/mol. The normalized spacial score (nSPS) is 10.9. The zero-order valence-corrected chi connectivity index (χ0v) is 16.7. The van der Waals surface area contributed by atoms with E-state index >= 15 is 0 Å². The van der Waals surface area contributed by atoms with Crippen molar-refractivity contribution < 1.29 is 0 Å². The number of rotatable bonds is 7. The standard InChI is InChI=1S/C20H19ClN6S/c21-16-9-7-15(8-10-16)18-19(27-14-22-13-23-27)20(25-24-18)26(11-4-12-28)17-5-2-1-3-6-17/h1-3,5-10,13-14,28H,4,11-12H2,(H,24,25). The van der Waals surface area contributed by atoms with Crippen LogP contribution < -0.4 is 4.90 Å². The molecule has 0 spiro atoms. The lowest BCUT2D eigenvalue weighted by Gasteiger charge is -2.23. The van der Waals surface area contributed by atoms with Gasteiger partial charge in [0.1, 0.15) is 18.3 Å². The van der Waals surface area contributed by atoms with E-state index in [9.17, 15) is 0 Å². The van der Waals surface area contributed by atoms with Crippen LogP contribution in [-0.2, 0) is 0 Å². The van der Waals surface area contributed by atoms with E-state index in [0.717, 1.165) is 47.2 Å². The highest BCUT2D eigenvalue weighted by Crippen LogP contribution is 2.35. The molecule has 28 heavy (non-hydrogen) atoms. The molecule has 0 fully saturated rings. The van der Waals surface area contributed by atoms with Gasteiger partial charge in [-0.1, -0.05) is 41.9 Å². The number of hydrogen-bond acceptors (Lipinski definition) is 5. The third-order valence-corrected chi connectivity index (χ3v) is 4.93. The van der Waals surface area contributed by atoms with E-state index in [2.05, 4.69) is 49.9 Å². The molecule has 0 aliphatic rings. The summed E-state index contributed by atoms with van der Waals surface area (Å²) in [6.45, 7) is 0.778. The maximum absolute atomic E-state index is 6.06. The first-order chi connectivity index (χ1) is 13.8. The van der Waals surface area contributed by atoms with Gasteiger partial charge in [0.25, 0.3) is 0 Å². The summed E-state index contributed by atoms with van der Waals surface area (Å²) in [5.41, 5.74) is 3.71. The SMILES string of the molecule is SCCCN(c1ccccc1)c1n[nH]c(-c2ccc(Cl)cc2)c1-n1cncn1. The molecule has 4 aromatic rings. The molecular formula is C20H19ClN6S. The van der Waals surface area contributed by atoms with Crippen LogP contribution in [0.15, 0.2) is 67.3 Å². The molecule has 2 aromatic carbocycles. The fourth-order valence-corrected chi connectivity index (χ4v) is 3.33. The molecule has 0 radical (unpaired) electrons. The Morgan fingerprint density at radius 1 is 1.07 bits per heavy atom. The van der Waals surface area contributed by atoms with E-state index in [0.29, 0.717) is 5.02 Å². The second-order valence-corrected chi connectivity index (χ2v) is 7.07. The van der Waals surface area contributed by atoms with Crippen LogP contribution in [0.2, 0.25) is 5.02 Å². The van der Waals surface area contributed by atoms with Crippen LogP contribution in [0.25, 0.3) is 16.9 Å². The number of halogens is 1. The second-order valence-electron chi connectivity index (χ2n) is 6.18. The molecular weight excluding hydrogens is 392 g/mol. The number of benzene rings is 2. The van der Waals surface area contributed by atoms with E-state index in [1.165, 1.54) is 6.33 Å². The Balaban J connectivity index is 1.87. The summed E-state index contributed by atoms with van der Waals surface area (Å²) in [7, 11) is 0. The fraction of sp³-hybridized carbons (Fsp3) is 0.150. The third kappa shape index (κ3) is 3.76. The lowest BCUT2D eigenvalue weighted by atomic mass is 10.1. The van der Waals surface area contributed by atoms with E-state index in [1.54, 1.807) is 11.0 Å². The molecule has 8 heteroatoms. The first-order valence-corrected chi connectivity index (χ1v) is 9.91. The van der Waals surface area contributed by atoms with Crippen molar-refractivity contribution in [1.29, 1.82) is 0 Å².